The van der Waals surface area contributed by atoms with Crippen LogP contribution in [0.2, 0.25) is 0 Å². The van der Waals surface area contributed by atoms with Crippen LogP contribution < -0.4 is 0 Å². The van der Waals surface area contributed by atoms with Crippen LogP contribution in [0.25, 0.3) is 0 Å². The summed E-state index contributed by atoms with van der Waals surface area (Å²) < 4.78 is 0. The normalized spacial score (nSPS) is 11.3. The van der Waals surface area contributed by atoms with Crippen molar-refractivity contribution < 1.29 is 39.3 Å². The van der Waals surface area contributed by atoms with E-state index in [0.29, 0.717) is 23.7 Å². The first kappa shape index (κ1) is 35.2. The van der Waals surface area contributed by atoms with E-state index >= 15 is 0 Å². The minimum absolute atomic E-state index is 0. The summed E-state index contributed by atoms with van der Waals surface area (Å²) in [6, 6.07) is 0. The van der Waals surface area contributed by atoms with Crippen LogP contribution in [0.3, 0.4) is 0 Å². The molecule has 0 fully saturated rings. The van der Waals surface area contributed by atoms with E-state index in [1.165, 1.54) is 64.2 Å². The molecule has 0 bridgehead atoms. The van der Waals surface area contributed by atoms with Crippen molar-refractivity contribution in [3.05, 3.63) is 0 Å². The molecule has 0 amide bonds. The summed E-state index contributed by atoms with van der Waals surface area (Å²) in [5, 5.41) is 16.9. The van der Waals surface area contributed by atoms with Gasteiger partial charge in [0.2, 0.25) is 0 Å². The van der Waals surface area contributed by atoms with Gasteiger partial charge in [-0.15, -0.1) is 0 Å². The summed E-state index contributed by atoms with van der Waals surface area (Å²) in [4.78, 5) is 20.5. The molecule has 0 saturated heterocycles. The minimum atomic E-state index is -0.664. The minimum Gasteiger partial charge on any atom is -0.481 e. The molecule has 0 unspecified atom stereocenters. The zero-order valence-electron chi connectivity index (χ0n) is 21.7. The van der Waals surface area contributed by atoms with Crippen LogP contribution in [0, 0.1) is 10.8 Å². The number of carboxylic acid groups (broad SMARTS) is 2. The zero-order valence-corrected chi connectivity index (χ0v) is 24.7. The van der Waals surface area contributed by atoms with Crippen molar-refractivity contribution >= 4 is 11.9 Å². The van der Waals surface area contributed by atoms with Crippen LogP contribution >= 0.6 is 0 Å². The first-order valence-electron chi connectivity index (χ1n) is 12.3. The van der Waals surface area contributed by atoms with Crippen molar-refractivity contribution in [3.63, 3.8) is 0 Å². The van der Waals surface area contributed by atoms with Crippen LogP contribution in [0.15, 0.2) is 0 Å². The number of carbonyl (C=O) groups is 2. The van der Waals surface area contributed by atoms with Crippen molar-refractivity contribution in [2.45, 2.75) is 144 Å². The fourth-order valence-electron chi connectivity index (χ4n) is 3.28. The topological polar surface area (TPSA) is 74.6 Å². The monoisotopic (exact) mass is 492 g/mol. The van der Waals surface area contributed by atoms with E-state index in [1.54, 1.807) is 0 Å². The molecule has 5 heteroatoms. The summed E-state index contributed by atoms with van der Waals surface area (Å²) in [5.41, 5.74) is 0.923. The van der Waals surface area contributed by atoms with Crippen LogP contribution in [0.1, 0.15) is 144 Å². The van der Waals surface area contributed by atoms with Gasteiger partial charge in [-0.3, -0.25) is 9.59 Å². The second-order valence-electron chi connectivity index (χ2n) is 11.2. The molecule has 182 valence electrons. The zero-order chi connectivity index (χ0) is 23.5. The summed E-state index contributed by atoms with van der Waals surface area (Å²) in [5.74, 6) is -1.33. The smallest absolute Gasteiger partial charge is 0.303 e. The number of rotatable bonds is 16. The molecular weight excluding hydrogens is 442 g/mol. The van der Waals surface area contributed by atoms with Gasteiger partial charge in [0.1, 0.15) is 0 Å². The second kappa shape index (κ2) is 21.4. The Kier molecular flexibility index (Phi) is 24.3. The Bertz CT molecular complexity index is 382. The predicted molar refractivity (Wildman–Crippen MR) is 128 cm³/mol. The van der Waals surface area contributed by atoms with Crippen molar-refractivity contribution in [1.82, 2.24) is 0 Å². The number of aliphatic carboxylic acids is 2. The van der Waals surface area contributed by atoms with Crippen LogP contribution in [-0.4, -0.2) is 22.2 Å². The van der Waals surface area contributed by atoms with Gasteiger partial charge in [-0.25, -0.2) is 0 Å². The van der Waals surface area contributed by atoms with Crippen LogP contribution in [-0.2, 0) is 29.1 Å². The first-order chi connectivity index (χ1) is 13.8. The van der Waals surface area contributed by atoms with Crippen molar-refractivity contribution in [1.29, 1.82) is 0 Å². The van der Waals surface area contributed by atoms with E-state index in [1.807, 2.05) is 0 Å². The van der Waals surface area contributed by atoms with Crippen molar-refractivity contribution in [2.24, 2.45) is 10.8 Å². The first-order valence-corrected chi connectivity index (χ1v) is 12.3. The van der Waals surface area contributed by atoms with E-state index in [0.717, 1.165) is 25.7 Å². The van der Waals surface area contributed by atoms with E-state index in [2.05, 4.69) is 41.5 Å². The predicted octanol–water partition coefficient (Wildman–Crippen LogP) is 8.47. The maximum absolute atomic E-state index is 10.2. The summed E-state index contributed by atoms with van der Waals surface area (Å²) >= 11 is 0. The molecule has 0 aromatic heterocycles. The number of hydrogen-bond acceptors (Lipinski definition) is 2. The van der Waals surface area contributed by atoms with E-state index < -0.39 is 11.9 Å². The second-order valence-corrected chi connectivity index (χ2v) is 11.2. The Morgan fingerprint density at radius 1 is 0.484 bits per heavy atom. The van der Waals surface area contributed by atoms with Gasteiger partial charge in [0.25, 0.3) is 0 Å². The van der Waals surface area contributed by atoms with E-state index in [4.69, 9.17) is 10.2 Å². The molecule has 2 N–H and O–H groups in total. The fraction of sp³-hybridized carbons (Fsp3) is 0.923. The van der Waals surface area contributed by atoms with Gasteiger partial charge in [-0.1, -0.05) is 106 Å². The van der Waals surface area contributed by atoms with E-state index in [-0.39, 0.29) is 19.5 Å². The summed E-state index contributed by atoms with van der Waals surface area (Å²) in [6.07, 6.45) is 17.2. The molecule has 0 aliphatic heterocycles. The van der Waals surface area contributed by atoms with Gasteiger partial charge >= 0.3 is 11.9 Å². The molecule has 0 heterocycles. The quantitative estimate of drug-likeness (QED) is 0.167. The molecular formula is C26H52O4Zn. The fourth-order valence-corrected chi connectivity index (χ4v) is 3.28. The van der Waals surface area contributed by atoms with Crippen LogP contribution in [0.4, 0.5) is 0 Å². The number of hydrogen-bond donors (Lipinski definition) is 2. The van der Waals surface area contributed by atoms with Gasteiger partial charge < -0.3 is 10.2 Å². The summed E-state index contributed by atoms with van der Waals surface area (Å²) in [6.45, 7) is 13.7. The average molecular weight is 494 g/mol. The molecule has 4 nitrogen and oxygen atoms in total. The molecule has 0 atom stereocenters. The van der Waals surface area contributed by atoms with Gasteiger partial charge in [0, 0.05) is 32.3 Å². The van der Waals surface area contributed by atoms with Crippen LogP contribution in [0.5, 0.6) is 0 Å². The number of carboxylic acids is 2. The molecule has 0 aromatic carbocycles. The third-order valence-corrected chi connectivity index (χ3v) is 5.13. The molecule has 0 radical (unpaired) electrons. The maximum atomic E-state index is 10.2. The molecule has 0 rings (SSSR count). The Balaban J connectivity index is -0.000000490. The Hall–Kier alpha value is -0.437. The Morgan fingerprint density at radius 2 is 0.710 bits per heavy atom. The van der Waals surface area contributed by atoms with Crippen molar-refractivity contribution in [2.75, 3.05) is 0 Å². The molecule has 0 spiro atoms. The Labute approximate surface area is 206 Å². The Morgan fingerprint density at radius 3 is 0.935 bits per heavy atom. The molecule has 31 heavy (non-hydrogen) atoms. The maximum Gasteiger partial charge on any atom is 0.303 e. The molecule has 0 aliphatic carbocycles. The number of unbranched alkanes of at least 4 members (excludes halogenated alkanes) is 10. The largest absolute Gasteiger partial charge is 0.481 e. The van der Waals surface area contributed by atoms with Crippen molar-refractivity contribution in [3.8, 4) is 0 Å². The SMILES string of the molecule is CC(C)(C)CCCCCCCCC(=O)O.CC(C)(C)CCCCCCCCC(=O)O.[Zn]. The third-order valence-electron chi connectivity index (χ3n) is 5.13. The van der Waals surface area contributed by atoms with E-state index in [9.17, 15) is 9.59 Å². The standard InChI is InChI=1S/2C13H26O2.Zn/c2*1-13(2,3)11-9-7-5-4-6-8-10-12(14)15;/h2*4-11H2,1-3H3,(H,14,15);. The van der Waals surface area contributed by atoms with Gasteiger partial charge in [-0.2, -0.15) is 0 Å². The summed E-state index contributed by atoms with van der Waals surface area (Å²) in [7, 11) is 0. The molecule has 0 saturated carbocycles. The third kappa shape index (κ3) is 40.5. The molecule has 0 aliphatic rings. The van der Waals surface area contributed by atoms with Gasteiger partial charge in [0.05, 0.1) is 0 Å². The molecule has 0 aromatic rings. The average Bonchev–Trinajstić information content (AvgIpc) is 2.58. The van der Waals surface area contributed by atoms with Gasteiger partial charge in [-0.05, 0) is 36.5 Å². The van der Waals surface area contributed by atoms with Gasteiger partial charge in [0.15, 0.2) is 0 Å².